The molecule has 0 saturated carbocycles. The Bertz CT molecular complexity index is 1200. The normalized spacial score (nSPS) is 10.5. The monoisotopic (exact) mass is 412 g/mol. The number of primary amides is 1. The van der Waals surface area contributed by atoms with Crippen LogP contribution in [0.1, 0.15) is 26.4 Å². The summed E-state index contributed by atoms with van der Waals surface area (Å²) in [7, 11) is 0. The number of nitrogens with two attached hydrogens (primary N) is 1. The van der Waals surface area contributed by atoms with Crippen LogP contribution in [0.3, 0.4) is 0 Å². The number of benzene rings is 3. The molecule has 1 aromatic heterocycles. The van der Waals surface area contributed by atoms with Crippen molar-refractivity contribution in [3.8, 4) is 11.4 Å². The third-order valence-corrected chi connectivity index (χ3v) is 4.58. The van der Waals surface area contributed by atoms with E-state index in [0.717, 1.165) is 11.3 Å². The molecule has 2 amide bonds. The molecule has 0 aliphatic carbocycles. The van der Waals surface area contributed by atoms with Gasteiger partial charge in [0, 0.05) is 17.4 Å². The molecule has 0 unspecified atom stereocenters. The van der Waals surface area contributed by atoms with Crippen molar-refractivity contribution in [1.29, 1.82) is 0 Å². The first-order valence-corrected chi connectivity index (χ1v) is 9.62. The summed E-state index contributed by atoms with van der Waals surface area (Å²) in [6.07, 6.45) is 1.65. The van der Waals surface area contributed by atoms with E-state index in [4.69, 9.17) is 10.5 Å². The van der Waals surface area contributed by atoms with Crippen LogP contribution in [0.5, 0.6) is 5.75 Å². The molecular weight excluding hydrogens is 392 g/mol. The zero-order chi connectivity index (χ0) is 21.6. The van der Waals surface area contributed by atoms with Gasteiger partial charge in [0.2, 0.25) is 0 Å². The van der Waals surface area contributed by atoms with Crippen LogP contribution in [0, 0.1) is 0 Å². The van der Waals surface area contributed by atoms with E-state index in [1.165, 1.54) is 0 Å². The molecular formula is C24H20N4O3. The molecule has 0 aliphatic heterocycles. The van der Waals surface area contributed by atoms with Gasteiger partial charge in [-0.25, -0.2) is 4.68 Å². The maximum atomic E-state index is 12.6. The fraction of sp³-hybridized carbons (Fsp3) is 0.0417. The average Bonchev–Trinajstić information content (AvgIpc) is 3.30. The average molecular weight is 412 g/mol. The summed E-state index contributed by atoms with van der Waals surface area (Å²) in [4.78, 5) is 23.8. The van der Waals surface area contributed by atoms with Crippen molar-refractivity contribution in [1.82, 2.24) is 9.78 Å². The molecule has 0 fully saturated rings. The quantitative estimate of drug-likeness (QED) is 0.482. The van der Waals surface area contributed by atoms with Crippen LogP contribution in [0.15, 0.2) is 91.1 Å². The van der Waals surface area contributed by atoms with Gasteiger partial charge in [-0.3, -0.25) is 9.59 Å². The summed E-state index contributed by atoms with van der Waals surface area (Å²) < 4.78 is 7.33. The largest absolute Gasteiger partial charge is 0.489 e. The Labute approximate surface area is 179 Å². The lowest BCUT2D eigenvalue weighted by Crippen LogP contribution is -2.12. The van der Waals surface area contributed by atoms with Gasteiger partial charge in [0.25, 0.3) is 11.8 Å². The molecule has 0 aliphatic rings. The molecule has 31 heavy (non-hydrogen) atoms. The van der Waals surface area contributed by atoms with Gasteiger partial charge >= 0.3 is 0 Å². The molecule has 0 atom stereocenters. The number of aromatic nitrogens is 2. The van der Waals surface area contributed by atoms with E-state index in [1.807, 2.05) is 36.4 Å². The van der Waals surface area contributed by atoms with Gasteiger partial charge in [-0.05, 0) is 54.1 Å². The molecule has 7 heteroatoms. The van der Waals surface area contributed by atoms with E-state index in [-0.39, 0.29) is 11.6 Å². The molecule has 0 saturated heterocycles. The number of nitrogens with one attached hydrogen (secondary N) is 1. The predicted octanol–water partition coefficient (Wildman–Crippen LogP) is 3.80. The fourth-order valence-electron chi connectivity index (χ4n) is 2.97. The Balaban J connectivity index is 1.40. The minimum atomic E-state index is -0.586. The van der Waals surface area contributed by atoms with Crippen LogP contribution in [0.2, 0.25) is 0 Å². The Morgan fingerprint density at radius 3 is 2.42 bits per heavy atom. The maximum absolute atomic E-state index is 12.6. The Kier molecular flexibility index (Phi) is 5.75. The third-order valence-electron chi connectivity index (χ3n) is 4.58. The second-order valence-corrected chi connectivity index (χ2v) is 6.81. The first kappa shape index (κ1) is 19.9. The van der Waals surface area contributed by atoms with Crippen molar-refractivity contribution in [2.45, 2.75) is 6.61 Å². The molecule has 0 radical (unpaired) electrons. The van der Waals surface area contributed by atoms with Gasteiger partial charge in [-0.2, -0.15) is 5.10 Å². The van der Waals surface area contributed by atoms with Gasteiger partial charge in [-0.1, -0.05) is 36.4 Å². The van der Waals surface area contributed by atoms with Gasteiger partial charge < -0.3 is 15.8 Å². The summed E-state index contributed by atoms with van der Waals surface area (Å²) in [5, 5.41) is 6.97. The fourth-order valence-corrected chi connectivity index (χ4v) is 2.97. The third kappa shape index (κ3) is 4.97. The van der Waals surface area contributed by atoms with Crippen molar-refractivity contribution >= 4 is 17.5 Å². The van der Waals surface area contributed by atoms with Crippen LogP contribution in [-0.4, -0.2) is 21.6 Å². The Morgan fingerprint density at radius 2 is 1.71 bits per heavy atom. The Morgan fingerprint density at radius 1 is 0.935 bits per heavy atom. The minimum Gasteiger partial charge on any atom is -0.489 e. The number of rotatable bonds is 7. The highest BCUT2D eigenvalue weighted by Crippen LogP contribution is 2.18. The molecule has 4 rings (SSSR count). The molecule has 3 N–H and O–H groups in total. The van der Waals surface area contributed by atoms with Crippen molar-refractivity contribution in [2.24, 2.45) is 5.73 Å². The van der Waals surface area contributed by atoms with E-state index < -0.39 is 5.91 Å². The second-order valence-electron chi connectivity index (χ2n) is 6.81. The van der Waals surface area contributed by atoms with E-state index in [2.05, 4.69) is 10.4 Å². The molecule has 4 aromatic rings. The molecule has 7 nitrogen and oxygen atoms in total. The van der Waals surface area contributed by atoms with Crippen LogP contribution in [0.4, 0.5) is 5.69 Å². The highest BCUT2D eigenvalue weighted by molar-refractivity contribution is 6.04. The number of ether oxygens (including phenoxy) is 1. The summed E-state index contributed by atoms with van der Waals surface area (Å²) in [6, 6.07) is 25.5. The van der Waals surface area contributed by atoms with Crippen LogP contribution in [0.25, 0.3) is 5.69 Å². The first-order valence-electron chi connectivity index (χ1n) is 9.62. The molecule has 3 aromatic carbocycles. The highest BCUT2D eigenvalue weighted by atomic mass is 16.5. The van der Waals surface area contributed by atoms with E-state index in [0.29, 0.717) is 23.6 Å². The number of anilines is 1. The molecule has 0 spiro atoms. The lowest BCUT2D eigenvalue weighted by Gasteiger charge is -2.09. The number of amides is 2. The van der Waals surface area contributed by atoms with Crippen molar-refractivity contribution < 1.29 is 14.3 Å². The minimum absolute atomic E-state index is 0.187. The van der Waals surface area contributed by atoms with Crippen LogP contribution >= 0.6 is 0 Å². The van der Waals surface area contributed by atoms with Gasteiger partial charge in [0.15, 0.2) is 0 Å². The summed E-state index contributed by atoms with van der Waals surface area (Å²) >= 11 is 0. The van der Waals surface area contributed by atoms with Crippen molar-refractivity contribution in [3.05, 3.63) is 108 Å². The number of hydrogen-bond donors (Lipinski definition) is 2. The van der Waals surface area contributed by atoms with Gasteiger partial charge in [0.05, 0.1) is 5.69 Å². The van der Waals surface area contributed by atoms with E-state index >= 15 is 0 Å². The summed E-state index contributed by atoms with van der Waals surface area (Å²) in [6.45, 7) is 0.429. The highest BCUT2D eigenvalue weighted by Gasteiger charge is 2.09. The van der Waals surface area contributed by atoms with Crippen LogP contribution < -0.4 is 15.8 Å². The second kappa shape index (κ2) is 8.96. The lowest BCUT2D eigenvalue weighted by atomic mass is 10.2. The SMILES string of the molecule is NC(=O)c1ccn(-c2ccc(NC(=O)c3cccc(OCc4ccccc4)c3)cc2)n1. The van der Waals surface area contributed by atoms with Gasteiger partial charge in [0.1, 0.15) is 18.1 Å². The number of carbonyl (C=O) groups excluding carboxylic acids is 2. The maximum Gasteiger partial charge on any atom is 0.269 e. The van der Waals surface area contributed by atoms with Gasteiger partial charge in [-0.15, -0.1) is 0 Å². The molecule has 0 bridgehead atoms. The van der Waals surface area contributed by atoms with Crippen LogP contribution in [-0.2, 0) is 6.61 Å². The summed E-state index contributed by atoms with van der Waals surface area (Å²) in [5.74, 6) is -0.207. The predicted molar refractivity (Wildman–Crippen MR) is 117 cm³/mol. The zero-order valence-electron chi connectivity index (χ0n) is 16.6. The molecule has 154 valence electrons. The topological polar surface area (TPSA) is 99.2 Å². The standard InChI is InChI=1S/C24H20N4O3/c25-23(29)22-13-14-28(27-22)20-11-9-19(10-12-20)26-24(30)18-7-4-8-21(15-18)31-16-17-5-2-1-3-6-17/h1-15H,16H2,(H2,25,29)(H,26,30). The van der Waals surface area contributed by atoms with Crippen molar-refractivity contribution in [2.75, 3.05) is 5.32 Å². The number of hydrogen-bond acceptors (Lipinski definition) is 4. The lowest BCUT2D eigenvalue weighted by molar-refractivity contribution is 0.0993. The Hall–Kier alpha value is -4.39. The van der Waals surface area contributed by atoms with Crippen molar-refractivity contribution in [3.63, 3.8) is 0 Å². The number of nitrogens with zero attached hydrogens (tertiary/aromatic N) is 2. The number of carbonyl (C=O) groups is 2. The zero-order valence-corrected chi connectivity index (χ0v) is 16.6. The smallest absolute Gasteiger partial charge is 0.269 e. The van der Waals surface area contributed by atoms with E-state index in [9.17, 15) is 9.59 Å². The summed E-state index contributed by atoms with van der Waals surface area (Å²) in [5.41, 5.74) is 8.33. The van der Waals surface area contributed by atoms with E-state index in [1.54, 1.807) is 59.4 Å². The molecule has 1 heterocycles. The first-order chi connectivity index (χ1) is 15.1.